The molecule has 0 saturated heterocycles. The Morgan fingerprint density at radius 2 is 1.74 bits per heavy atom. The average Bonchev–Trinajstić information content (AvgIpc) is 2.67. The van der Waals surface area contributed by atoms with Crippen LogP contribution in [0.4, 0.5) is 10.5 Å². The minimum atomic E-state index is -0.250. The summed E-state index contributed by atoms with van der Waals surface area (Å²) < 4.78 is 0. The first kappa shape index (κ1) is 18.6. The highest BCUT2D eigenvalue weighted by Crippen LogP contribution is 2.23. The zero-order valence-electron chi connectivity index (χ0n) is 15.9. The molecule has 0 aliphatic heterocycles. The van der Waals surface area contributed by atoms with E-state index in [0.29, 0.717) is 6.54 Å². The summed E-state index contributed by atoms with van der Waals surface area (Å²) in [6, 6.07) is 15.3. The van der Waals surface area contributed by atoms with E-state index in [1.54, 1.807) is 18.6 Å². The number of anilines is 1. The van der Waals surface area contributed by atoms with Crippen molar-refractivity contribution < 1.29 is 4.79 Å². The van der Waals surface area contributed by atoms with Gasteiger partial charge in [0.2, 0.25) is 0 Å². The van der Waals surface area contributed by atoms with Crippen molar-refractivity contribution in [1.29, 1.82) is 0 Å². The van der Waals surface area contributed by atoms with Crippen LogP contribution in [0.1, 0.15) is 31.9 Å². The zero-order valence-corrected chi connectivity index (χ0v) is 15.9. The first-order valence-corrected chi connectivity index (χ1v) is 8.93. The van der Waals surface area contributed by atoms with Gasteiger partial charge < -0.3 is 10.6 Å². The van der Waals surface area contributed by atoms with Gasteiger partial charge in [0, 0.05) is 36.4 Å². The molecule has 0 spiro atoms. The summed E-state index contributed by atoms with van der Waals surface area (Å²) in [5.74, 6) is 0. The number of carbonyl (C=O) groups excluding carboxylic acids is 1. The molecule has 3 rings (SSSR count). The van der Waals surface area contributed by atoms with Gasteiger partial charge in [0.15, 0.2) is 0 Å². The minimum Gasteiger partial charge on any atom is -0.334 e. The lowest BCUT2D eigenvalue weighted by atomic mass is 9.87. The normalized spacial score (nSPS) is 11.1. The SMILES string of the molecule is CC(C)(C)c1ccc(NC(=O)NCc2cccnc2-c2cccnc2)cc1. The number of pyridine rings is 2. The molecule has 3 aromatic rings. The molecule has 0 aliphatic rings. The van der Waals surface area contributed by atoms with Gasteiger partial charge in [-0.05, 0) is 46.9 Å². The summed E-state index contributed by atoms with van der Waals surface area (Å²) in [7, 11) is 0. The summed E-state index contributed by atoms with van der Waals surface area (Å²) in [6.07, 6.45) is 5.23. The summed E-state index contributed by atoms with van der Waals surface area (Å²) in [6.45, 7) is 6.87. The number of amides is 2. The molecule has 5 heteroatoms. The smallest absolute Gasteiger partial charge is 0.319 e. The Hall–Kier alpha value is -3.21. The molecule has 0 aliphatic carbocycles. The topological polar surface area (TPSA) is 66.9 Å². The average molecular weight is 360 g/mol. The van der Waals surface area contributed by atoms with E-state index < -0.39 is 0 Å². The van der Waals surface area contributed by atoms with E-state index in [2.05, 4.69) is 41.4 Å². The second kappa shape index (κ2) is 7.99. The van der Waals surface area contributed by atoms with Crippen LogP contribution in [0.3, 0.4) is 0 Å². The standard InChI is InChI=1S/C22H24N4O/c1-22(2,3)18-8-10-19(11-9-18)26-21(27)25-15-17-7-5-13-24-20(17)16-6-4-12-23-14-16/h4-14H,15H2,1-3H3,(H2,25,26,27). The molecule has 0 radical (unpaired) electrons. The van der Waals surface area contributed by atoms with Crippen molar-refractivity contribution in [2.24, 2.45) is 0 Å². The Bertz CT molecular complexity index is 900. The van der Waals surface area contributed by atoms with Crippen LogP contribution < -0.4 is 10.6 Å². The first-order chi connectivity index (χ1) is 12.9. The Morgan fingerprint density at radius 1 is 1.00 bits per heavy atom. The summed E-state index contributed by atoms with van der Waals surface area (Å²) in [5.41, 5.74) is 4.76. The van der Waals surface area contributed by atoms with E-state index in [-0.39, 0.29) is 11.4 Å². The van der Waals surface area contributed by atoms with Gasteiger partial charge in [0.1, 0.15) is 0 Å². The Kier molecular flexibility index (Phi) is 5.50. The summed E-state index contributed by atoms with van der Waals surface area (Å²) in [5, 5.41) is 5.76. The number of nitrogens with one attached hydrogen (secondary N) is 2. The largest absolute Gasteiger partial charge is 0.334 e. The third-order valence-electron chi connectivity index (χ3n) is 4.27. The number of carbonyl (C=O) groups is 1. The van der Waals surface area contributed by atoms with E-state index in [1.165, 1.54) is 5.56 Å². The van der Waals surface area contributed by atoms with Crippen LogP contribution in [0, 0.1) is 0 Å². The number of benzene rings is 1. The fraction of sp³-hybridized carbons (Fsp3) is 0.227. The highest BCUT2D eigenvalue weighted by molar-refractivity contribution is 5.89. The third-order valence-corrected chi connectivity index (χ3v) is 4.27. The highest BCUT2D eigenvalue weighted by Gasteiger charge is 2.13. The molecule has 2 heterocycles. The Balaban J connectivity index is 1.63. The predicted octanol–water partition coefficient (Wildman–Crippen LogP) is 4.76. The van der Waals surface area contributed by atoms with Crippen LogP contribution in [0.2, 0.25) is 0 Å². The van der Waals surface area contributed by atoms with Gasteiger partial charge in [-0.15, -0.1) is 0 Å². The van der Waals surface area contributed by atoms with Crippen LogP contribution in [-0.2, 0) is 12.0 Å². The zero-order chi connectivity index (χ0) is 19.3. The molecule has 0 atom stereocenters. The molecule has 0 fully saturated rings. The summed E-state index contributed by atoms with van der Waals surface area (Å²) >= 11 is 0. The van der Waals surface area contributed by atoms with Gasteiger partial charge in [-0.1, -0.05) is 39.0 Å². The molecule has 5 nitrogen and oxygen atoms in total. The molecule has 2 amide bonds. The van der Waals surface area contributed by atoms with Crippen LogP contribution in [0.25, 0.3) is 11.3 Å². The van der Waals surface area contributed by atoms with Crippen molar-refractivity contribution in [1.82, 2.24) is 15.3 Å². The second-order valence-corrected chi connectivity index (χ2v) is 7.39. The lowest BCUT2D eigenvalue weighted by Crippen LogP contribution is -2.28. The number of rotatable bonds is 4. The molecule has 0 saturated carbocycles. The molecule has 138 valence electrons. The van der Waals surface area contributed by atoms with Crippen LogP contribution in [0.15, 0.2) is 67.1 Å². The van der Waals surface area contributed by atoms with Crippen molar-refractivity contribution in [3.05, 3.63) is 78.2 Å². The van der Waals surface area contributed by atoms with Crippen LogP contribution in [0.5, 0.6) is 0 Å². The Morgan fingerprint density at radius 3 is 2.41 bits per heavy atom. The van der Waals surface area contributed by atoms with Gasteiger partial charge in [-0.25, -0.2) is 4.79 Å². The molecule has 2 aromatic heterocycles. The van der Waals surface area contributed by atoms with Gasteiger partial charge >= 0.3 is 6.03 Å². The van der Waals surface area contributed by atoms with Crippen LogP contribution in [-0.4, -0.2) is 16.0 Å². The molecular formula is C22H24N4O. The number of hydrogen-bond donors (Lipinski definition) is 2. The van der Waals surface area contributed by atoms with Crippen molar-refractivity contribution >= 4 is 11.7 Å². The lowest BCUT2D eigenvalue weighted by molar-refractivity contribution is 0.252. The van der Waals surface area contributed by atoms with E-state index in [4.69, 9.17) is 0 Å². The number of hydrogen-bond acceptors (Lipinski definition) is 3. The molecule has 27 heavy (non-hydrogen) atoms. The quantitative estimate of drug-likeness (QED) is 0.705. The fourth-order valence-corrected chi connectivity index (χ4v) is 2.75. The minimum absolute atomic E-state index is 0.0871. The molecule has 0 bridgehead atoms. The van der Waals surface area contributed by atoms with E-state index >= 15 is 0 Å². The highest BCUT2D eigenvalue weighted by atomic mass is 16.2. The number of nitrogens with zero attached hydrogens (tertiary/aromatic N) is 2. The fourth-order valence-electron chi connectivity index (χ4n) is 2.75. The third kappa shape index (κ3) is 4.91. The predicted molar refractivity (Wildman–Crippen MR) is 108 cm³/mol. The van der Waals surface area contributed by atoms with E-state index in [1.807, 2.05) is 48.5 Å². The van der Waals surface area contributed by atoms with Gasteiger partial charge in [-0.3, -0.25) is 9.97 Å². The van der Waals surface area contributed by atoms with Gasteiger partial charge in [-0.2, -0.15) is 0 Å². The van der Waals surface area contributed by atoms with E-state index in [0.717, 1.165) is 22.5 Å². The maximum Gasteiger partial charge on any atom is 0.319 e. The van der Waals surface area contributed by atoms with Crippen molar-refractivity contribution in [3.8, 4) is 11.3 Å². The molecule has 0 unspecified atom stereocenters. The maximum absolute atomic E-state index is 12.3. The maximum atomic E-state index is 12.3. The monoisotopic (exact) mass is 360 g/mol. The van der Waals surface area contributed by atoms with Crippen molar-refractivity contribution in [3.63, 3.8) is 0 Å². The molecule has 1 aromatic carbocycles. The van der Waals surface area contributed by atoms with Gasteiger partial charge in [0.25, 0.3) is 0 Å². The van der Waals surface area contributed by atoms with E-state index in [9.17, 15) is 4.79 Å². The Labute approximate surface area is 159 Å². The van der Waals surface area contributed by atoms with Crippen molar-refractivity contribution in [2.75, 3.05) is 5.32 Å². The van der Waals surface area contributed by atoms with Crippen LogP contribution >= 0.6 is 0 Å². The number of urea groups is 1. The van der Waals surface area contributed by atoms with Crippen molar-refractivity contribution in [2.45, 2.75) is 32.7 Å². The first-order valence-electron chi connectivity index (χ1n) is 8.93. The summed E-state index contributed by atoms with van der Waals surface area (Å²) in [4.78, 5) is 20.8. The number of aromatic nitrogens is 2. The second-order valence-electron chi connectivity index (χ2n) is 7.39. The lowest BCUT2D eigenvalue weighted by Gasteiger charge is -2.19. The molecular weight excluding hydrogens is 336 g/mol. The van der Waals surface area contributed by atoms with Gasteiger partial charge in [0.05, 0.1) is 5.69 Å². The molecule has 2 N–H and O–H groups in total.